The summed E-state index contributed by atoms with van der Waals surface area (Å²) in [5.41, 5.74) is 1.04. The van der Waals surface area contributed by atoms with Gasteiger partial charge in [-0.05, 0) is 30.9 Å². The van der Waals surface area contributed by atoms with Crippen LogP contribution in [0.4, 0.5) is 13.2 Å². The number of rotatable bonds is 3. The number of hydrogen-bond acceptors (Lipinski definition) is 2. The van der Waals surface area contributed by atoms with E-state index in [9.17, 15) is 13.2 Å². The fraction of sp³-hybridized carbons (Fsp3) is 0.556. The van der Waals surface area contributed by atoms with E-state index in [1.165, 1.54) is 11.3 Å². The van der Waals surface area contributed by atoms with E-state index in [0.717, 1.165) is 10.4 Å². The summed E-state index contributed by atoms with van der Waals surface area (Å²) in [6.45, 7) is 2.70. The van der Waals surface area contributed by atoms with Crippen LogP contribution in [-0.4, -0.2) is 12.7 Å². The zero-order chi connectivity index (χ0) is 10.8. The van der Waals surface area contributed by atoms with Gasteiger partial charge in [0.1, 0.15) is 0 Å². The maximum absolute atomic E-state index is 11.9. The minimum absolute atomic E-state index is 0.239. The molecule has 80 valence electrons. The maximum Gasteiger partial charge on any atom is 0.401 e. The Balaban J connectivity index is 2.51. The lowest BCUT2D eigenvalue weighted by Gasteiger charge is -2.14. The molecule has 1 aromatic rings. The van der Waals surface area contributed by atoms with E-state index in [0.29, 0.717) is 0 Å². The number of nitrogens with one attached hydrogen (secondary N) is 1. The number of alkyl halides is 3. The Morgan fingerprint density at radius 2 is 2.14 bits per heavy atom. The van der Waals surface area contributed by atoms with E-state index in [4.69, 9.17) is 0 Å². The van der Waals surface area contributed by atoms with Crippen molar-refractivity contribution < 1.29 is 13.2 Å². The van der Waals surface area contributed by atoms with Crippen LogP contribution in [0, 0.1) is 6.92 Å². The molecule has 0 saturated carbocycles. The largest absolute Gasteiger partial charge is 0.401 e. The zero-order valence-electron chi connectivity index (χ0n) is 7.98. The highest BCUT2D eigenvalue weighted by atomic mass is 32.1. The summed E-state index contributed by atoms with van der Waals surface area (Å²) in [6.07, 6.45) is -4.14. The molecule has 0 aliphatic heterocycles. The van der Waals surface area contributed by atoms with Crippen molar-refractivity contribution in [3.63, 3.8) is 0 Å². The number of hydrogen-bond donors (Lipinski definition) is 1. The van der Waals surface area contributed by atoms with Crippen molar-refractivity contribution in [3.8, 4) is 0 Å². The highest BCUT2D eigenvalue weighted by Gasteiger charge is 2.27. The molecular formula is C9H12F3NS. The Hall–Kier alpha value is -0.550. The van der Waals surface area contributed by atoms with Gasteiger partial charge in [-0.25, -0.2) is 0 Å². The Morgan fingerprint density at radius 1 is 1.50 bits per heavy atom. The number of thiophene rings is 1. The summed E-state index contributed by atoms with van der Waals surface area (Å²) in [6, 6.07) is 1.67. The molecule has 0 aliphatic carbocycles. The van der Waals surface area contributed by atoms with Gasteiger partial charge < -0.3 is 5.32 Å². The molecule has 0 aromatic carbocycles. The van der Waals surface area contributed by atoms with Crippen LogP contribution in [0.15, 0.2) is 11.4 Å². The van der Waals surface area contributed by atoms with Crippen LogP contribution >= 0.6 is 11.3 Å². The van der Waals surface area contributed by atoms with Gasteiger partial charge >= 0.3 is 6.18 Å². The smallest absolute Gasteiger partial charge is 0.301 e. The first-order chi connectivity index (χ1) is 6.40. The van der Waals surface area contributed by atoms with Gasteiger partial charge in [0.2, 0.25) is 0 Å². The third-order valence-corrected chi connectivity index (χ3v) is 3.11. The van der Waals surface area contributed by atoms with Crippen LogP contribution in [-0.2, 0) is 0 Å². The number of halogens is 3. The maximum atomic E-state index is 11.9. The third kappa shape index (κ3) is 3.31. The van der Waals surface area contributed by atoms with E-state index in [1.54, 1.807) is 6.92 Å². The molecule has 0 aliphatic rings. The summed E-state index contributed by atoms with van der Waals surface area (Å²) >= 11 is 1.48. The second-order valence-electron chi connectivity index (χ2n) is 3.19. The zero-order valence-corrected chi connectivity index (χ0v) is 8.80. The van der Waals surface area contributed by atoms with E-state index in [1.807, 2.05) is 18.4 Å². The van der Waals surface area contributed by atoms with Crippen molar-refractivity contribution in [2.45, 2.75) is 26.1 Å². The van der Waals surface area contributed by atoms with Crippen LogP contribution < -0.4 is 5.32 Å². The fourth-order valence-corrected chi connectivity index (χ4v) is 2.15. The highest BCUT2D eigenvalue weighted by molar-refractivity contribution is 7.10. The molecule has 0 saturated heterocycles. The van der Waals surface area contributed by atoms with Gasteiger partial charge in [0.25, 0.3) is 0 Å². The summed E-state index contributed by atoms with van der Waals surface area (Å²) in [7, 11) is 0. The minimum Gasteiger partial charge on any atom is -0.301 e. The summed E-state index contributed by atoms with van der Waals surface area (Å²) in [4.78, 5) is 0.967. The quantitative estimate of drug-likeness (QED) is 0.829. The van der Waals surface area contributed by atoms with Crippen LogP contribution in [0.2, 0.25) is 0 Å². The van der Waals surface area contributed by atoms with E-state index < -0.39 is 12.7 Å². The van der Waals surface area contributed by atoms with Gasteiger partial charge in [-0.3, -0.25) is 0 Å². The van der Waals surface area contributed by atoms with Gasteiger partial charge in [0.15, 0.2) is 0 Å². The van der Waals surface area contributed by atoms with E-state index in [2.05, 4.69) is 5.32 Å². The van der Waals surface area contributed by atoms with Gasteiger partial charge in [0.05, 0.1) is 6.54 Å². The van der Waals surface area contributed by atoms with Gasteiger partial charge in [-0.15, -0.1) is 11.3 Å². The molecule has 5 heteroatoms. The van der Waals surface area contributed by atoms with Crippen LogP contribution in [0.25, 0.3) is 0 Å². The minimum atomic E-state index is -4.14. The third-order valence-electron chi connectivity index (χ3n) is 1.90. The molecule has 1 unspecified atom stereocenters. The first kappa shape index (κ1) is 11.5. The molecular weight excluding hydrogens is 211 g/mol. The predicted octanol–water partition coefficient (Wildman–Crippen LogP) is 3.27. The topological polar surface area (TPSA) is 12.0 Å². The van der Waals surface area contributed by atoms with Crippen molar-refractivity contribution in [1.29, 1.82) is 0 Å². The molecule has 0 bridgehead atoms. The van der Waals surface area contributed by atoms with Crippen molar-refractivity contribution in [1.82, 2.24) is 5.32 Å². The van der Waals surface area contributed by atoms with E-state index in [-0.39, 0.29) is 6.04 Å². The normalized spacial score (nSPS) is 14.4. The van der Waals surface area contributed by atoms with Crippen molar-refractivity contribution in [3.05, 3.63) is 21.9 Å². The summed E-state index contributed by atoms with van der Waals surface area (Å²) < 4.78 is 35.7. The van der Waals surface area contributed by atoms with Crippen molar-refractivity contribution in [2.24, 2.45) is 0 Å². The highest BCUT2D eigenvalue weighted by Crippen LogP contribution is 2.24. The first-order valence-corrected chi connectivity index (χ1v) is 5.12. The lowest BCUT2D eigenvalue weighted by molar-refractivity contribution is -0.126. The average molecular weight is 223 g/mol. The molecule has 1 nitrogen and oxygen atoms in total. The molecule has 1 N–H and O–H groups in total. The molecule has 0 spiro atoms. The van der Waals surface area contributed by atoms with Crippen LogP contribution in [0.5, 0.6) is 0 Å². The van der Waals surface area contributed by atoms with E-state index >= 15 is 0 Å². The lowest BCUT2D eigenvalue weighted by atomic mass is 10.2. The average Bonchev–Trinajstić information content (AvgIpc) is 2.46. The molecule has 1 aromatic heterocycles. The Labute approximate surface area is 84.9 Å². The predicted molar refractivity (Wildman–Crippen MR) is 51.5 cm³/mol. The molecule has 0 amide bonds. The second-order valence-corrected chi connectivity index (χ2v) is 4.13. The lowest BCUT2D eigenvalue weighted by Crippen LogP contribution is -2.30. The molecule has 1 atom stereocenters. The monoisotopic (exact) mass is 223 g/mol. The standard InChI is InChI=1S/C9H12F3NS/c1-6-3-4-14-8(6)7(2)13-5-9(10,11)12/h3-4,7,13H,5H2,1-2H3. The summed E-state index contributed by atoms with van der Waals surface area (Å²) in [5.74, 6) is 0. The SMILES string of the molecule is Cc1ccsc1C(C)NCC(F)(F)F. The Bertz CT molecular complexity index is 292. The van der Waals surface area contributed by atoms with Crippen molar-refractivity contribution >= 4 is 11.3 Å². The molecule has 1 heterocycles. The Kier molecular flexibility index (Phi) is 3.55. The van der Waals surface area contributed by atoms with Crippen LogP contribution in [0.1, 0.15) is 23.4 Å². The molecule has 14 heavy (non-hydrogen) atoms. The van der Waals surface area contributed by atoms with Crippen LogP contribution in [0.3, 0.4) is 0 Å². The van der Waals surface area contributed by atoms with Gasteiger partial charge in [0, 0.05) is 10.9 Å². The first-order valence-electron chi connectivity index (χ1n) is 4.24. The Morgan fingerprint density at radius 3 is 2.57 bits per heavy atom. The molecule has 0 fully saturated rings. The van der Waals surface area contributed by atoms with Gasteiger partial charge in [-0.1, -0.05) is 0 Å². The fourth-order valence-electron chi connectivity index (χ4n) is 1.19. The van der Waals surface area contributed by atoms with Crippen molar-refractivity contribution in [2.75, 3.05) is 6.54 Å². The number of aryl methyl sites for hydroxylation is 1. The molecule has 1 rings (SSSR count). The summed E-state index contributed by atoms with van der Waals surface area (Å²) in [5, 5.41) is 4.34. The van der Waals surface area contributed by atoms with Gasteiger partial charge in [-0.2, -0.15) is 13.2 Å². The second kappa shape index (κ2) is 4.31. The molecule has 0 radical (unpaired) electrons.